The van der Waals surface area contributed by atoms with E-state index in [0.717, 1.165) is 61.9 Å². The molecule has 5 rings (SSSR count). The van der Waals surface area contributed by atoms with Crippen molar-refractivity contribution in [1.29, 1.82) is 0 Å². The molecule has 3 N–H and O–H groups in total. The van der Waals surface area contributed by atoms with Gasteiger partial charge >= 0.3 is 0 Å². The number of likely N-dealkylation sites (tertiary alicyclic amines) is 1. The van der Waals surface area contributed by atoms with Gasteiger partial charge in [0.15, 0.2) is 11.5 Å². The summed E-state index contributed by atoms with van der Waals surface area (Å²) in [6.07, 6.45) is 6.00. The second kappa shape index (κ2) is 9.93. The standard InChI is InChI=1S/C24H33N7O2/c1-3-31-10-4-5-17(14-31)16-6-7-19(20(13-16)32-2)28-24-29-22-21(25-15-26-22)23(30-24)27-18-8-11-33-12-9-18/h6-7,13,15,17-18H,3-5,8-12,14H2,1-2H3,(H3,25,26,27,28,29,30). The second-order valence-electron chi connectivity index (χ2n) is 8.84. The van der Waals surface area contributed by atoms with Gasteiger partial charge in [-0.2, -0.15) is 9.97 Å². The van der Waals surface area contributed by atoms with Gasteiger partial charge in [-0.05, 0) is 62.4 Å². The maximum atomic E-state index is 5.75. The van der Waals surface area contributed by atoms with Crippen molar-refractivity contribution in [1.82, 2.24) is 24.8 Å². The topological polar surface area (TPSA) is 100 Å². The van der Waals surface area contributed by atoms with Crippen LogP contribution in [-0.4, -0.2) is 70.8 Å². The fraction of sp³-hybridized carbons (Fsp3) is 0.542. The Morgan fingerprint density at radius 1 is 1.21 bits per heavy atom. The lowest BCUT2D eigenvalue weighted by molar-refractivity contribution is 0.0904. The third kappa shape index (κ3) is 4.89. The molecule has 0 saturated carbocycles. The van der Waals surface area contributed by atoms with Crippen LogP contribution in [0, 0.1) is 0 Å². The first-order chi connectivity index (χ1) is 16.2. The lowest BCUT2D eigenvalue weighted by Gasteiger charge is -2.32. The van der Waals surface area contributed by atoms with Crippen LogP contribution in [0.15, 0.2) is 24.5 Å². The summed E-state index contributed by atoms with van der Waals surface area (Å²) in [5.41, 5.74) is 3.61. The third-order valence-corrected chi connectivity index (χ3v) is 6.74. The number of hydrogen-bond acceptors (Lipinski definition) is 8. The van der Waals surface area contributed by atoms with Crippen molar-refractivity contribution < 1.29 is 9.47 Å². The number of aromatic amines is 1. The molecule has 0 radical (unpaired) electrons. The van der Waals surface area contributed by atoms with E-state index in [1.54, 1.807) is 13.4 Å². The van der Waals surface area contributed by atoms with Gasteiger partial charge in [0.2, 0.25) is 5.95 Å². The van der Waals surface area contributed by atoms with E-state index in [1.165, 1.54) is 24.9 Å². The molecule has 3 aromatic rings. The van der Waals surface area contributed by atoms with E-state index in [4.69, 9.17) is 14.5 Å². The van der Waals surface area contributed by atoms with Crippen molar-refractivity contribution in [3.8, 4) is 5.75 Å². The number of H-pyrrole nitrogens is 1. The Bertz CT molecular complexity index is 1080. The molecule has 1 aromatic carbocycles. The summed E-state index contributed by atoms with van der Waals surface area (Å²) in [7, 11) is 1.71. The highest BCUT2D eigenvalue weighted by atomic mass is 16.5. The fourth-order valence-corrected chi connectivity index (χ4v) is 4.83. The predicted octanol–water partition coefficient (Wildman–Crippen LogP) is 3.90. The molecule has 0 amide bonds. The van der Waals surface area contributed by atoms with E-state index >= 15 is 0 Å². The number of ether oxygens (including phenoxy) is 2. The average Bonchev–Trinajstić information content (AvgIpc) is 3.34. The predicted molar refractivity (Wildman–Crippen MR) is 130 cm³/mol. The van der Waals surface area contributed by atoms with Crippen molar-refractivity contribution >= 4 is 28.6 Å². The minimum Gasteiger partial charge on any atom is -0.495 e. The number of anilines is 3. The SMILES string of the molecule is CCN1CCCC(c2ccc(Nc3nc(NC4CCOCC4)c4nc[nH]c4n3)c(OC)c2)C1. The summed E-state index contributed by atoms with van der Waals surface area (Å²) in [5.74, 6) is 2.57. The van der Waals surface area contributed by atoms with Crippen LogP contribution in [0.3, 0.4) is 0 Å². The molecule has 0 aliphatic carbocycles. The zero-order valence-corrected chi connectivity index (χ0v) is 19.4. The Hall–Kier alpha value is -2.91. The number of imidazole rings is 1. The number of hydrogen-bond donors (Lipinski definition) is 3. The van der Waals surface area contributed by atoms with Crippen LogP contribution >= 0.6 is 0 Å². The van der Waals surface area contributed by atoms with Gasteiger partial charge in [-0.1, -0.05) is 13.0 Å². The number of aromatic nitrogens is 4. The van der Waals surface area contributed by atoms with Crippen LogP contribution in [0.5, 0.6) is 5.75 Å². The largest absolute Gasteiger partial charge is 0.495 e. The third-order valence-electron chi connectivity index (χ3n) is 6.74. The molecule has 0 bridgehead atoms. The maximum Gasteiger partial charge on any atom is 0.231 e. The smallest absolute Gasteiger partial charge is 0.231 e. The van der Waals surface area contributed by atoms with Crippen LogP contribution in [0.25, 0.3) is 11.2 Å². The van der Waals surface area contributed by atoms with Gasteiger partial charge in [0.05, 0.1) is 19.1 Å². The highest BCUT2D eigenvalue weighted by molar-refractivity contribution is 5.84. The van der Waals surface area contributed by atoms with E-state index in [1.807, 2.05) is 0 Å². The molecule has 4 heterocycles. The molecule has 176 valence electrons. The quantitative estimate of drug-likeness (QED) is 0.497. The molecule has 0 spiro atoms. The first-order valence-corrected chi connectivity index (χ1v) is 12.0. The Kier molecular flexibility index (Phi) is 6.59. The number of fused-ring (bicyclic) bond motifs is 1. The summed E-state index contributed by atoms with van der Waals surface area (Å²) in [4.78, 5) is 19.4. The minimum absolute atomic E-state index is 0.313. The lowest BCUT2D eigenvalue weighted by atomic mass is 9.90. The molecule has 2 aliphatic rings. The summed E-state index contributed by atoms with van der Waals surface area (Å²) >= 11 is 0. The van der Waals surface area contributed by atoms with Crippen molar-refractivity contribution in [3.05, 3.63) is 30.1 Å². The molecule has 9 nitrogen and oxygen atoms in total. The highest BCUT2D eigenvalue weighted by Gasteiger charge is 2.22. The van der Waals surface area contributed by atoms with Gasteiger partial charge in [-0.15, -0.1) is 0 Å². The monoisotopic (exact) mass is 451 g/mol. The lowest BCUT2D eigenvalue weighted by Crippen LogP contribution is -2.34. The van der Waals surface area contributed by atoms with Gasteiger partial charge in [-0.25, -0.2) is 4.98 Å². The molecule has 1 unspecified atom stereocenters. The first-order valence-electron chi connectivity index (χ1n) is 12.0. The Morgan fingerprint density at radius 2 is 2.09 bits per heavy atom. The van der Waals surface area contributed by atoms with Crippen LogP contribution in [0.1, 0.15) is 44.1 Å². The van der Waals surface area contributed by atoms with Crippen molar-refractivity contribution in [2.24, 2.45) is 0 Å². The van der Waals surface area contributed by atoms with E-state index in [-0.39, 0.29) is 0 Å². The molecular formula is C24H33N7O2. The summed E-state index contributed by atoms with van der Waals surface area (Å²) < 4.78 is 11.2. The van der Waals surface area contributed by atoms with Crippen molar-refractivity contribution in [2.75, 3.05) is 50.6 Å². The number of benzene rings is 1. The fourth-order valence-electron chi connectivity index (χ4n) is 4.83. The molecular weight excluding hydrogens is 418 g/mol. The average molecular weight is 452 g/mol. The van der Waals surface area contributed by atoms with Gasteiger partial charge < -0.3 is 30.0 Å². The van der Waals surface area contributed by atoms with Gasteiger partial charge in [0, 0.05) is 25.8 Å². The normalized spacial score (nSPS) is 20.1. The summed E-state index contributed by atoms with van der Waals surface area (Å²) in [5, 5.41) is 6.90. The number of likely N-dealkylation sites (N-methyl/N-ethyl adjacent to an activating group) is 1. The van der Waals surface area contributed by atoms with Crippen LogP contribution in [0.2, 0.25) is 0 Å². The number of methoxy groups -OCH3 is 1. The van der Waals surface area contributed by atoms with Crippen LogP contribution in [-0.2, 0) is 4.74 Å². The zero-order valence-electron chi connectivity index (χ0n) is 19.4. The molecule has 2 aromatic heterocycles. The van der Waals surface area contributed by atoms with E-state index < -0.39 is 0 Å². The van der Waals surface area contributed by atoms with E-state index in [9.17, 15) is 0 Å². The molecule has 9 heteroatoms. The summed E-state index contributed by atoms with van der Waals surface area (Å²) in [6, 6.07) is 6.74. The van der Waals surface area contributed by atoms with Gasteiger partial charge in [-0.3, -0.25) is 0 Å². The van der Waals surface area contributed by atoms with Crippen molar-refractivity contribution in [2.45, 2.75) is 44.6 Å². The van der Waals surface area contributed by atoms with Gasteiger partial charge in [0.1, 0.15) is 11.3 Å². The zero-order chi connectivity index (χ0) is 22.6. The van der Waals surface area contributed by atoms with Gasteiger partial charge in [0.25, 0.3) is 0 Å². The Morgan fingerprint density at radius 3 is 2.91 bits per heavy atom. The minimum atomic E-state index is 0.313. The molecule has 2 saturated heterocycles. The van der Waals surface area contributed by atoms with Crippen LogP contribution < -0.4 is 15.4 Å². The number of piperidine rings is 1. The maximum absolute atomic E-state index is 5.75. The van der Waals surface area contributed by atoms with E-state index in [0.29, 0.717) is 23.6 Å². The Balaban J connectivity index is 1.38. The number of nitrogens with one attached hydrogen (secondary N) is 3. The van der Waals surface area contributed by atoms with Crippen LogP contribution in [0.4, 0.5) is 17.5 Å². The van der Waals surface area contributed by atoms with Crippen molar-refractivity contribution in [3.63, 3.8) is 0 Å². The molecule has 1 atom stereocenters. The summed E-state index contributed by atoms with van der Waals surface area (Å²) in [6.45, 7) is 7.16. The number of rotatable bonds is 7. The molecule has 2 fully saturated rings. The molecule has 2 aliphatic heterocycles. The Labute approximate surface area is 194 Å². The number of nitrogens with zero attached hydrogens (tertiary/aromatic N) is 4. The second-order valence-corrected chi connectivity index (χ2v) is 8.84. The highest BCUT2D eigenvalue weighted by Crippen LogP contribution is 2.34. The molecule has 33 heavy (non-hydrogen) atoms. The van der Waals surface area contributed by atoms with E-state index in [2.05, 4.69) is 55.6 Å². The first kappa shape index (κ1) is 21.9.